The van der Waals surface area contributed by atoms with Crippen LogP contribution >= 0.6 is 12.2 Å². The van der Waals surface area contributed by atoms with E-state index in [9.17, 15) is 4.79 Å². The Morgan fingerprint density at radius 3 is 2.14 bits per heavy atom. The van der Waals surface area contributed by atoms with Crippen LogP contribution in [0.5, 0.6) is 0 Å². The van der Waals surface area contributed by atoms with E-state index in [1.165, 1.54) is 21.4 Å². The van der Waals surface area contributed by atoms with Gasteiger partial charge in [-0.05, 0) is 41.7 Å². The van der Waals surface area contributed by atoms with E-state index in [2.05, 4.69) is 30.3 Å². The second-order valence-electron chi connectivity index (χ2n) is 6.64. The molecule has 1 amide bonds. The Morgan fingerprint density at radius 1 is 0.966 bits per heavy atom. The Labute approximate surface area is 176 Å². The van der Waals surface area contributed by atoms with Crippen molar-refractivity contribution in [3.63, 3.8) is 0 Å². The highest BCUT2D eigenvalue weighted by Gasteiger charge is 2.11. The monoisotopic (exact) mass is 404 g/mol. The summed E-state index contributed by atoms with van der Waals surface area (Å²) in [5.74, 6) is 0. The van der Waals surface area contributed by atoms with E-state index in [4.69, 9.17) is 17.1 Å². The summed E-state index contributed by atoms with van der Waals surface area (Å²) in [6, 6.07) is 26.0. The molecule has 3 rings (SSSR count). The van der Waals surface area contributed by atoms with Crippen molar-refractivity contribution >= 4 is 23.9 Å². The van der Waals surface area contributed by atoms with E-state index in [1.54, 1.807) is 36.3 Å². The van der Waals surface area contributed by atoms with Crippen LogP contribution in [0.2, 0.25) is 0 Å². The molecule has 0 saturated carbocycles. The first-order valence-corrected chi connectivity index (χ1v) is 9.98. The lowest BCUT2D eigenvalue weighted by Crippen LogP contribution is -2.34. The fraction of sp³-hybridized carbons (Fsp3) is 0.167. The summed E-state index contributed by atoms with van der Waals surface area (Å²) in [7, 11) is 1.73. The van der Waals surface area contributed by atoms with E-state index in [-0.39, 0.29) is 0 Å². The molecule has 0 atom stereocenters. The van der Waals surface area contributed by atoms with Gasteiger partial charge in [0.25, 0.3) is 0 Å². The lowest BCUT2D eigenvalue weighted by Gasteiger charge is -2.17. The first-order valence-electron chi connectivity index (χ1n) is 9.57. The third-order valence-electron chi connectivity index (χ3n) is 4.49. The van der Waals surface area contributed by atoms with Gasteiger partial charge in [0.15, 0.2) is 0 Å². The maximum atomic E-state index is 12.3. The Hall–Kier alpha value is -3.18. The van der Waals surface area contributed by atoms with Crippen molar-refractivity contribution in [2.24, 2.45) is 0 Å². The normalized spacial score (nSPS) is 10.2. The molecule has 1 aromatic heterocycles. The molecule has 0 N–H and O–H groups in total. The Bertz CT molecular complexity index is 972. The molecule has 148 valence electrons. The molecule has 4 nitrogen and oxygen atoms in total. The average molecular weight is 405 g/mol. The van der Waals surface area contributed by atoms with Gasteiger partial charge in [-0.2, -0.15) is 4.73 Å². The van der Waals surface area contributed by atoms with Gasteiger partial charge in [0.1, 0.15) is 4.64 Å². The van der Waals surface area contributed by atoms with Crippen LogP contribution in [-0.4, -0.2) is 29.3 Å². The largest absolute Gasteiger partial charge is 0.434 e. The van der Waals surface area contributed by atoms with Crippen LogP contribution < -0.4 is 4.84 Å². The molecule has 0 unspecified atom stereocenters. The second kappa shape index (κ2) is 10.4. The molecular formula is C24H24N2O2S. The molecule has 29 heavy (non-hydrogen) atoms. The van der Waals surface area contributed by atoms with Crippen molar-refractivity contribution < 1.29 is 9.63 Å². The van der Waals surface area contributed by atoms with Crippen LogP contribution in [0.3, 0.4) is 0 Å². The summed E-state index contributed by atoms with van der Waals surface area (Å²) in [6.07, 6.45) is 5.11. The van der Waals surface area contributed by atoms with Crippen molar-refractivity contribution in [2.75, 3.05) is 13.6 Å². The highest BCUT2D eigenvalue weighted by atomic mass is 32.1. The topological polar surface area (TPSA) is 34.5 Å². The molecule has 0 bridgehead atoms. The standard InChI is InChI=1S/C24H24N2O2S/c1-25(24(27)28-26-19-11-9-17-23(26)29)18-10-8-16-22(20-12-4-2-5-13-20)21-14-6-3-7-15-21/h2-7,9,11-17,19H,8,10,18H2,1H3. The van der Waals surface area contributed by atoms with Gasteiger partial charge in [-0.25, -0.2) is 4.79 Å². The van der Waals surface area contributed by atoms with Gasteiger partial charge < -0.3 is 9.74 Å². The van der Waals surface area contributed by atoms with Crippen LogP contribution in [0.25, 0.3) is 5.57 Å². The van der Waals surface area contributed by atoms with Crippen LogP contribution in [0.15, 0.2) is 91.1 Å². The van der Waals surface area contributed by atoms with Gasteiger partial charge in [-0.1, -0.05) is 85.0 Å². The summed E-state index contributed by atoms with van der Waals surface area (Å²) in [5.41, 5.74) is 3.57. The van der Waals surface area contributed by atoms with Gasteiger partial charge >= 0.3 is 6.09 Å². The zero-order valence-electron chi connectivity index (χ0n) is 16.4. The zero-order chi connectivity index (χ0) is 20.5. The lowest BCUT2D eigenvalue weighted by molar-refractivity contribution is 0.0978. The summed E-state index contributed by atoms with van der Waals surface area (Å²) in [4.78, 5) is 19.1. The van der Waals surface area contributed by atoms with Crippen molar-refractivity contribution in [1.82, 2.24) is 9.63 Å². The summed E-state index contributed by atoms with van der Waals surface area (Å²) < 4.78 is 1.75. The van der Waals surface area contributed by atoms with E-state index >= 15 is 0 Å². The number of allylic oxidation sites excluding steroid dienone is 1. The number of carbonyl (C=O) groups is 1. The van der Waals surface area contributed by atoms with Crippen molar-refractivity contribution in [3.05, 3.63) is 107 Å². The molecule has 0 spiro atoms. The fourth-order valence-electron chi connectivity index (χ4n) is 2.95. The molecule has 0 saturated heterocycles. The molecule has 2 aromatic carbocycles. The number of amides is 1. The minimum Gasteiger partial charge on any atom is -0.316 e. The van der Waals surface area contributed by atoms with E-state index in [0.717, 1.165) is 12.8 Å². The van der Waals surface area contributed by atoms with Gasteiger partial charge in [0.05, 0.1) is 0 Å². The summed E-state index contributed by atoms with van der Waals surface area (Å²) in [5, 5.41) is 0. The molecule has 1 heterocycles. The molecule has 3 aromatic rings. The minimum absolute atomic E-state index is 0.428. The van der Waals surface area contributed by atoms with Crippen molar-refractivity contribution in [3.8, 4) is 0 Å². The smallest absolute Gasteiger partial charge is 0.316 e. The fourth-order valence-corrected chi connectivity index (χ4v) is 3.12. The number of hydrogen-bond acceptors (Lipinski definition) is 3. The second-order valence-corrected chi connectivity index (χ2v) is 7.05. The van der Waals surface area contributed by atoms with Crippen LogP contribution in [0, 0.1) is 4.64 Å². The van der Waals surface area contributed by atoms with Gasteiger partial charge in [-0.15, -0.1) is 0 Å². The predicted octanol–water partition coefficient (Wildman–Crippen LogP) is 5.61. The predicted molar refractivity (Wildman–Crippen MR) is 119 cm³/mol. The molecule has 0 aliphatic rings. The third-order valence-corrected chi connectivity index (χ3v) is 4.81. The first kappa shape index (κ1) is 20.6. The Balaban J connectivity index is 1.60. The molecule has 0 radical (unpaired) electrons. The molecule has 0 fully saturated rings. The van der Waals surface area contributed by atoms with Crippen LogP contribution in [0.1, 0.15) is 24.0 Å². The number of unbranched alkanes of at least 4 members (excludes halogenated alkanes) is 1. The highest BCUT2D eigenvalue weighted by molar-refractivity contribution is 7.71. The number of rotatable bonds is 7. The van der Waals surface area contributed by atoms with E-state index < -0.39 is 6.09 Å². The van der Waals surface area contributed by atoms with Crippen molar-refractivity contribution in [1.29, 1.82) is 0 Å². The van der Waals surface area contributed by atoms with Crippen LogP contribution in [-0.2, 0) is 0 Å². The van der Waals surface area contributed by atoms with E-state index in [0.29, 0.717) is 11.2 Å². The summed E-state index contributed by atoms with van der Waals surface area (Å²) >= 11 is 5.14. The molecule has 0 aliphatic carbocycles. The summed E-state index contributed by atoms with van der Waals surface area (Å²) in [6.45, 7) is 0.590. The maximum Gasteiger partial charge on any atom is 0.434 e. The quantitative estimate of drug-likeness (QED) is 0.379. The van der Waals surface area contributed by atoms with Crippen LogP contribution in [0.4, 0.5) is 4.79 Å². The zero-order valence-corrected chi connectivity index (χ0v) is 17.2. The first-order chi connectivity index (χ1) is 14.1. The van der Waals surface area contributed by atoms with Gasteiger partial charge in [-0.3, -0.25) is 0 Å². The van der Waals surface area contributed by atoms with E-state index in [1.807, 2.05) is 36.4 Å². The SMILES string of the molecule is CN(CCCC=C(c1ccccc1)c1ccccc1)C(=O)On1ccccc1=S. The maximum absolute atomic E-state index is 12.3. The lowest BCUT2D eigenvalue weighted by atomic mass is 9.96. The van der Waals surface area contributed by atoms with Gasteiger partial charge in [0.2, 0.25) is 0 Å². The van der Waals surface area contributed by atoms with Crippen molar-refractivity contribution in [2.45, 2.75) is 12.8 Å². The molecular weight excluding hydrogens is 380 g/mol. The Morgan fingerprint density at radius 2 is 1.55 bits per heavy atom. The molecule has 5 heteroatoms. The number of pyridine rings is 1. The number of nitrogens with zero attached hydrogens (tertiary/aromatic N) is 2. The third kappa shape index (κ3) is 5.90. The highest BCUT2D eigenvalue weighted by Crippen LogP contribution is 2.24. The number of carbonyl (C=O) groups excluding carboxylic acids is 1. The van der Waals surface area contributed by atoms with Gasteiger partial charge in [0, 0.05) is 19.8 Å². The number of aromatic nitrogens is 1. The average Bonchev–Trinajstić information content (AvgIpc) is 2.76. The number of benzene rings is 2. The Kier molecular flexibility index (Phi) is 7.36. The minimum atomic E-state index is -0.428. The number of hydrogen-bond donors (Lipinski definition) is 0. The molecule has 0 aliphatic heterocycles.